The Morgan fingerprint density at radius 1 is 1.10 bits per heavy atom. The Bertz CT molecular complexity index is 587. The van der Waals surface area contributed by atoms with Gasteiger partial charge in [0.2, 0.25) is 0 Å². The lowest BCUT2D eigenvalue weighted by atomic mass is 9.85. The predicted octanol–water partition coefficient (Wildman–Crippen LogP) is 2.94. The van der Waals surface area contributed by atoms with Gasteiger partial charge < -0.3 is 10.8 Å². The molecule has 1 heterocycles. The van der Waals surface area contributed by atoms with E-state index in [0.29, 0.717) is 13.0 Å². The molecule has 0 aliphatic carbocycles. The van der Waals surface area contributed by atoms with E-state index in [1.54, 1.807) is 11.8 Å². The Kier molecular flexibility index (Phi) is 3.83. The molecule has 0 fully saturated rings. The second-order valence-corrected chi connectivity index (χ2v) is 6.60. The van der Waals surface area contributed by atoms with Gasteiger partial charge in [-0.05, 0) is 30.2 Å². The molecule has 3 N–H and O–H groups in total. The van der Waals surface area contributed by atoms with Crippen molar-refractivity contribution >= 4 is 11.8 Å². The zero-order valence-corrected chi connectivity index (χ0v) is 12.1. The van der Waals surface area contributed by atoms with Crippen LogP contribution < -0.4 is 5.73 Å². The van der Waals surface area contributed by atoms with Gasteiger partial charge in [0.15, 0.2) is 0 Å². The van der Waals surface area contributed by atoms with Crippen LogP contribution in [-0.4, -0.2) is 17.8 Å². The third kappa shape index (κ3) is 2.26. The van der Waals surface area contributed by atoms with Crippen LogP contribution in [0.15, 0.2) is 59.5 Å². The van der Waals surface area contributed by atoms with Gasteiger partial charge in [-0.15, -0.1) is 11.8 Å². The lowest BCUT2D eigenvalue weighted by Crippen LogP contribution is -2.42. The van der Waals surface area contributed by atoms with Crippen molar-refractivity contribution in [3.05, 3.63) is 65.7 Å². The van der Waals surface area contributed by atoms with Crippen molar-refractivity contribution < 1.29 is 5.11 Å². The van der Waals surface area contributed by atoms with E-state index < -0.39 is 6.10 Å². The molecule has 0 aromatic heterocycles. The molecule has 0 amide bonds. The van der Waals surface area contributed by atoms with E-state index in [2.05, 4.69) is 30.3 Å². The molecule has 2 aromatic rings. The lowest BCUT2D eigenvalue weighted by molar-refractivity contribution is 0.120. The van der Waals surface area contributed by atoms with Gasteiger partial charge in [-0.25, -0.2) is 0 Å². The summed E-state index contributed by atoms with van der Waals surface area (Å²) in [4.78, 5) is 1.26. The van der Waals surface area contributed by atoms with Gasteiger partial charge in [-0.2, -0.15) is 0 Å². The van der Waals surface area contributed by atoms with Crippen LogP contribution in [0.5, 0.6) is 0 Å². The second kappa shape index (κ2) is 5.60. The van der Waals surface area contributed by atoms with Crippen LogP contribution in [0.1, 0.15) is 17.5 Å². The topological polar surface area (TPSA) is 46.2 Å². The number of fused-ring (bicyclic) bond motifs is 1. The summed E-state index contributed by atoms with van der Waals surface area (Å²) in [6, 6.07) is 18.6. The molecule has 1 aliphatic heterocycles. The first kappa shape index (κ1) is 13.7. The fraction of sp³-hybridized carbons (Fsp3) is 0.294. The summed E-state index contributed by atoms with van der Waals surface area (Å²) in [5.74, 6) is 0. The van der Waals surface area contributed by atoms with Crippen molar-refractivity contribution in [2.75, 3.05) is 6.54 Å². The number of aliphatic hydroxyl groups is 1. The van der Waals surface area contributed by atoms with E-state index >= 15 is 0 Å². The van der Waals surface area contributed by atoms with E-state index in [0.717, 1.165) is 12.0 Å². The van der Waals surface area contributed by atoms with E-state index in [4.69, 9.17) is 5.73 Å². The number of aliphatic hydroxyl groups excluding tert-OH is 1. The summed E-state index contributed by atoms with van der Waals surface area (Å²) in [6.45, 7) is 0.571. The Labute approximate surface area is 124 Å². The summed E-state index contributed by atoms with van der Waals surface area (Å²) >= 11 is 1.76. The molecule has 2 aromatic carbocycles. The van der Waals surface area contributed by atoms with Crippen LogP contribution in [0.4, 0.5) is 0 Å². The van der Waals surface area contributed by atoms with E-state index in [1.807, 2.05) is 24.3 Å². The third-order valence-corrected chi connectivity index (χ3v) is 5.69. The number of thioether (sulfide) groups is 1. The summed E-state index contributed by atoms with van der Waals surface area (Å²) in [6.07, 6.45) is 1.06. The van der Waals surface area contributed by atoms with Gasteiger partial charge in [0.1, 0.15) is 0 Å². The highest BCUT2D eigenvalue weighted by Gasteiger charge is 2.43. The predicted molar refractivity (Wildman–Crippen MR) is 83.8 cm³/mol. The molecule has 3 rings (SSSR count). The molecule has 1 aliphatic rings. The number of nitrogens with two attached hydrogens (primary N) is 1. The summed E-state index contributed by atoms with van der Waals surface area (Å²) < 4.78 is -0.329. The summed E-state index contributed by atoms with van der Waals surface area (Å²) in [5, 5.41) is 10.8. The highest BCUT2D eigenvalue weighted by atomic mass is 32.2. The van der Waals surface area contributed by atoms with Crippen LogP contribution in [0.3, 0.4) is 0 Å². The first-order valence-electron chi connectivity index (χ1n) is 6.97. The third-order valence-electron chi connectivity index (χ3n) is 3.99. The molecule has 20 heavy (non-hydrogen) atoms. The fourth-order valence-electron chi connectivity index (χ4n) is 2.96. The largest absolute Gasteiger partial charge is 0.391 e. The Morgan fingerprint density at radius 3 is 2.55 bits per heavy atom. The number of benzene rings is 2. The molecule has 2 unspecified atom stereocenters. The fourth-order valence-corrected chi connectivity index (χ4v) is 4.47. The number of hydrogen-bond acceptors (Lipinski definition) is 3. The Morgan fingerprint density at radius 2 is 1.80 bits per heavy atom. The summed E-state index contributed by atoms with van der Waals surface area (Å²) in [7, 11) is 0. The second-order valence-electron chi connectivity index (χ2n) is 5.22. The Hall–Kier alpha value is -1.29. The minimum atomic E-state index is -0.409. The van der Waals surface area contributed by atoms with Gasteiger partial charge in [0.05, 0.1) is 10.9 Å². The normalized spacial score (nSPS) is 25.2. The van der Waals surface area contributed by atoms with Crippen LogP contribution in [0, 0.1) is 0 Å². The van der Waals surface area contributed by atoms with Gasteiger partial charge in [0.25, 0.3) is 0 Å². The van der Waals surface area contributed by atoms with Crippen molar-refractivity contribution in [3.63, 3.8) is 0 Å². The molecule has 3 heteroatoms. The SMILES string of the molecule is NCCC1(c2ccccc2)Sc2ccccc2CC1O. The smallest absolute Gasteiger partial charge is 0.0772 e. The van der Waals surface area contributed by atoms with Crippen molar-refractivity contribution in [3.8, 4) is 0 Å². The Balaban J connectivity index is 2.08. The zero-order valence-electron chi connectivity index (χ0n) is 11.3. The molecule has 0 bridgehead atoms. The molecule has 2 atom stereocenters. The monoisotopic (exact) mass is 285 g/mol. The minimum absolute atomic E-state index is 0.329. The minimum Gasteiger partial charge on any atom is -0.391 e. The molecular weight excluding hydrogens is 266 g/mol. The van der Waals surface area contributed by atoms with Gasteiger partial charge in [-0.3, -0.25) is 0 Å². The average molecular weight is 285 g/mol. The first-order valence-corrected chi connectivity index (χ1v) is 7.78. The maximum atomic E-state index is 10.8. The van der Waals surface area contributed by atoms with Gasteiger partial charge in [-0.1, -0.05) is 48.5 Å². The summed E-state index contributed by atoms with van der Waals surface area (Å²) in [5.41, 5.74) is 8.23. The number of hydrogen-bond donors (Lipinski definition) is 2. The van der Waals surface area contributed by atoms with Crippen LogP contribution in [0.2, 0.25) is 0 Å². The zero-order chi connectivity index (χ0) is 14.0. The molecular formula is C17H19NOS. The maximum Gasteiger partial charge on any atom is 0.0772 e. The standard InChI is InChI=1S/C17H19NOS/c18-11-10-17(14-7-2-1-3-8-14)16(19)12-13-6-4-5-9-15(13)20-17/h1-9,16,19H,10-12,18H2. The van der Waals surface area contributed by atoms with Crippen LogP contribution in [0.25, 0.3) is 0 Å². The van der Waals surface area contributed by atoms with E-state index in [9.17, 15) is 5.11 Å². The lowest BCUT2D eigenvalue weighted by Gasteiger charge is -2.42. The molecule has 0 saturated carbocycles. The van der Waals surface area contributed by atoms with E-state index in [1.165, 1.54) is 10.5 Å². The van der Waals surface area contributed by atoms with Crippen molar-refractivity contribution in [1.29, 1.82) is 0 Å². The van der Waals surface area contributed by atoms with Crippen molar-refractivity contribution in [1.82, 2.24) is 0 Å². The van der Waals surface area contributed by atoms with Gasteiger partial charge >= 0.3 is 0 Å². The van der Waals surface area contributed by atoms with Crippen molar-refractivity contribution in [2.24, 2.45) is 5.73 Å². The number of rotatable bonds is 3. The van der Waals surface area contributed by atoms with Crippen LogP contribution in [-0.2, 0) is 11.2 Å². The molecule has 104 valence electrons. The van der Waals surface area contributed by atoms with Gasteiger partial charge in [0, 0.05) is 11.3 Å². The molecule has 0 saturated heterocycles. The highest BCUT2D eigenvalue weighted by Crippen LogP contribution is 2.51. The van der Waals surface area contributed by atoms with Crippen LogP contribution >= 0.6 is 11.8 Å². The molecule has 2 nitrogen and oxygen atoms in total. The maximum absolute atomic E-state index is 10.8. The molecule has 0 spiro atoms. The van der Waals surface area contributed by atoms with E-state index in [-0.39, 0.29) is 4.75 Å². The quantitative estimate of drug-likeness (QED) is 0.911. The van der Waals surface area contributed by atoms with Crippen molar-refractivity contribution in [2.45, 2.75) is 28.6 Å². The molecule has 0 radical (unpaired) electrons. The average Bonchev–Trinajstić information content (AvgIpc) is 2.49. The first-order chi connectivity index (χ1) is 9.76. The highest BCUT2D eigenvalue weighted by molar-refractivity contribution is 8.00.